The largest absolute Gasteiger partial charge is 0.422 e. The summed E-state index contributed by atoms with van der Waals surface area (Å²) >= 11 is 0. The van der Waals surface area contributed by atoms with Crippen LogP contribution in [0.1, 0.15) is 25.9 Å². The summed E-state index contributed by atoms with van der Waals surface area (Å²) in [5, 5.41) is 0.686. The number of hydrogen-bond acceptors (Lipinski definition) is 3. The van der Waals surface area contributed by atoms with E-state index in [0.29, 0.717) is 33.6 Å². The van der Waals surface area contributed by atoms with Crippen molar-refractivity contribution in [3.63, 3.8) is 0 Å². The van der Waals surface area contributed by atoms with Gasteiger partial charge in [-0.2, -0.15) is 0 Å². The van der Waals surface area contributed by atoms with Gasteiger partial charge in [-0.1, -0.05) is 60.7 Å². The Morgan fingerprint density at radius 2 is 1.48 bits per heavy atom. The topological polar surface area (TPSA) is 58.6 Å². The van der Waals surface area contributed by atoms with E-state index in [-0.39, 0.29) is 11.3 Å². The summed E-state index contributed by atoms with van der Waals surface area (Å²) in [6.45, 7) is 0. The molecule has 2 heterocycles. The third-order valence-corrected chi connectivity index (χ3v) is 4.85. The highest BCUT2D eigenvalue weighted by Crippen LogP contribution is 2.41. The lowest BCUT2D eigenvalue weighted by Gasteiger charge is -1.98. The normalized spacial score (nSPS) is 14.1. The Morgan fingerprint density at radius 3 is 2.24 bits per heavy atom. The fourth-order valence-electron chi connectivity index (χ4n) is 3.49. The van der Waals surface area contributed by atoms with Crippen LogP contribution in [0.4, 0.5) is 0 Å². The maximum Gasteiger partial charge on any atom is 0.380 e. The SMILES string of the molecule is O=C(C=C1C(c2ccccc2)=[O+]c2c1c(=O)oc1ccccc21)c1ccccc1. The van der Waals surface area contributed by atoms with Crippen LogP contribution in [0, 0.1) is 0 Å². The molecule has 0 atom stereocenters. The van der Waals surface area contributed by atoms with Gasteiger partial charge in [-0.05, 0) is 24.3 Å². The molecule has 5 rings (SSSR count). The molecule has 0 bridgehead atoms. The van der Waals surface area contributed by atoms with Crippen molar-refractivity contribution in [3.05, 3.63) is 118 Å². The summed E-state index contributed by atoms with van der Waals surface area (Å²) in [4.78, 5) is 25.7. The minimum atomic E-state index is -0.531. The van der Waals surface area contributed by atoms with E-state index in [9.17, 15) is 9.59 Å². The first-order chi connectivity index (χ1) is 14.2. The monoisotopic (exact) mass is 379 g/mol. The molecule has 138 valence electrons. The van der Waals surface area contributed by atoms with Gasteiger partial charge >= 0.3 is 17.2 Å². The highest BCUT2D eigenvalue weighted by molar-refractivity contribution is 6.35. The Balaban J connectivity index is 1.78. The van der Waals surface area contributed by atoms with Crippen molar-refractivity contribution in [3.8, 4) is 5.75 Å². The van der Waals surface area contributed by atoms with E-state index < -0.39 is 5.63 Å². The van der Waals surface area contributed by atoms with Crippen molar-refractivity contribution in [2.24, 2.45) is 0 Å². The second kappa shape index (κ2) is 6.84. The quantitative estimate of drug-likeness (QED) is 0.213. The van der Waals surface area contributed by atoms with Gasteiger partial charge in [0.05, 0.1) is 5.56 Å². The van der Waals surface area contributed by atoms with E-state index in [1.165, 1.54) is 6.08 Å². The maximum atomic E-state index is 12.9. The highest BCUT2D eigenvalue weighted by Gasteiger charge is 2.41. The number of carbonyl (C=O) groups excluding carboxylic acids is 2. The van der Waals surface area contributed by atoms with Gasteiger partial charge in [-0.15, -0.1) is 0 Å². The summed E-state index contributed by atoms with van der Waals surface area (Å²) in [6, 6.07) is 25.5. The number of benzene rings is 3. The number of fused-ring (bicyclic) bond motifs is 3. The van der Waals surface area contributed by atoms with Crippen LogP contribution in [0.25, 0.3) is 16.5 Å². The van der Waals surface area contributed by atoms with Gasteiger partial charge in [0.1, 0.15) is 16.5 Å². The standard InChI is InChI=1S/C25H15O4/c26-20(16-9-3-1-4-10-16)15-19-22-24(29-23(19)17-11-5-2-6-12-17)18-13-7-8-14-21(18)28-25(22)27/h1-15H/q+1. The summed E-state index contributed by atoms with van der Waals surface area (Å²) in [5.74, 6) is 0.675. The van der Waals surface area contributed by atoms with E-state index in [2.05, 4.69) is 0 Å². The first-order valence-corrected chi connectivity index (χ1v) is 9.20. The molecule has 0 unspecified atom stereocenters. The molecule has 0 saturated carbocycles. The van der Waals surface area contributed by atoms with Gasteiger partial charge in [0.25, 0.3) is 0 Å². The Labute approximate surface area is 166 Å². The second-order valence-electron chi connectivity index (χ2n) is 6.68. The van der Waals surface area contributed by atoms with Crippen molar-refractivity contribution in [2.75, 3.05) is 0 Å². The fourth-order valence-corrected chi connectivity index (χ4v) is 3.49. The molecule has 0 N–H and O–H groups in total. The average Bonchev–Trinajstić information content (AvgIpc) is 3.15. The lowest BCUT2D eigenvalue weighted by molar-refractivity contribution is -0.157. The summed E-state index contributed by atoms with van der Waals surface area (Å²) in [7, 11) is 0. The predicted octanol–water partition coefficient (Wildman–Crippen LogP) is 5.20. The van der Waals surface area contributed by atoms with E-state index in [1.54, 1.807) is 36.4 Å². The molecular formula is C25H15O4+. The van der Waals surface area contributed by atoms with Gasteiger partial charge in [-0.3, -0.25) is 4.79 Å². The molecule has 4 heteroatoms. The van der Waals surface area contributed by atoms with Gasteiger partial charge < -0.3 is 4.42 Å². The van der Waals surface area contributed by atoms with Crippen molar-refractivity contribution in [1.29, 1.82) is 0 Å². The van der Waals surface area contributed by atoms with Crippen LogP contribution in [0.15, 0.2) is 100 Å². The molecule has 0 spiro atoms. The van der Waals surface area contributed by atoms with E-state index in [1.807, 2.05) is 48.5 Å². The van der Waals surface area contributed by atoms with Crippen molar-refractivity contribution >= 4 is 28.1 Å². The third kappa shape index (κ3) is 2.91. The third-order valence-electron chi connectivity index (χ3n) is 4.85. The first-order valence-electron chi connectivity index (χ1n) is 9.20. The molecule has 1 aromatic heterocycles. The molecule has 3 aromatic carbocycles. The maximum absolute atomic E-state index is 12.9. The van der Waals surface area contributed by atoms with Gasteiger partial charge in [-0.25, -0.2) is 9.22 Å². The van der Waals surface area contributed by atoms with Crippen molar-refractivity contribution in [1.82, 2.24) is 0 Å². The van der Waals surface area contributed by atoms with E-state index in [4.69, 9.17) is 8.84 Å². The van der Waals surface area contributed by atoms with Gasteiger partial charge in [0, 0.05) is 11.6 Å². The number of ketones is 2. The van der Waals surface area contributed by atoms with Crippen molar-refractivity contribution in [2.45, 2.75) is 0 Å². The number of carbonyl (C=O) groups is 1. The molecule has 0 aliphatic carbocycles. The first kappa shape index (κ1) is 17.1. The summed E-state index contributed by atoms with van der Waals surface area (Å²) in [6.07, 6.45) is 1.45. The van der Waals surface area contributed by atoms with Crippen LogP contribution in [0.3, 0.4) is 0 Å². The molecule has 0 radical (unpaired) electrons. The zero-order chi connectivity index (χ0) is 19.8. The predicted molar refractivity (Wildman–Crippen MR) is 111 cm³/mol. The molecule has 1 aliphatic heterocycles. The lowest BCUT2D eigenvalue weighted by atomic mass is 9.96. The Kier molecular flexibility index (Phi) is 4.03. The summed E-state index contributed by atoms with van der Waals surface area (Å²) in [5.41, 5.74) is 1.92. The number of allylic oxidation sites excluding steroid dienone is 2. The van der Waals surface area contributed by atoms with Crippen molar-refractivity contribution < 1.29 is 13.6 Å². The zero-order valence-corrected chi connectivity index (χ0v) is 15.3. The Bertz CT molecular complexity index is 1360. The van der Waals surface area contributed by atoms with Crippen LogP contribution in [-0.4, -0.2) is 11.6 Å². The molecule has 0 fully saturated rings. The Hall–Kier alpha value is -4.05. The zero-order valence-electron chi connectivity index (χ0n) is 15.3. The van der Waals surface area contributed by atoms with E-state index >= 15 is 0 Å². The van der Waals surface area contributed by atoms with Crippen LogP contribution in [0.2, 0.25) is 0 Å². The minimum Gasteiger partial charge on any atom is -0.422 e. The van der Waals surface area contributed by atoms with Gasteiger partial charge in [0.2, 0.25) is 0 Å². The van der Waals surface area contributed by atoms with Crippen LogP contribution >= 0.6 is 0 Å². The molecule has 0 amide bonds. The molecule has 1 aliphatic rings. The highest BCUT2D eigenvalue weighted by atomic mass is 16.4. The number of rotatable bonds is 3. The number of hydrogen-bond donors (Lipinski definition) is 0. The number of para-hydroxylation sites is 1. The fraction of sp³-hybridized carbons (Fsp3) is 0. The second-order valence-corrected chi connectivity index (χ2v) is 6.68. The molecule has 4 nitrogen and oxygen atoms in total. The van der Waals surface area contributed by atoms with Crippen LogP contribution < -0.4 is 5.63 Å². The van der Waals surface area contributed by atoms with E-state index in [0.717, 1.165) is 5.56 Å². The van der Waals surface area contributed by atoms with Gasteiger partial charge in [0.15, 0.2) is 11.3 Å². The lowest BCUT2D eigenvalue weighted by Crippen LogP contribution is -2.10. The molecule has 4 aromatic rings. The molecule has 29 heavy (non-hydrogen) atoms. The Morgan fingerprint density at radius 1 is 0.828 bits per heavy atom. The van der Waals surface area contributed by atoms with Crippen LogP contribution in [-0.2, 0) is 0 Å². The molecule has 0 saturated heterocycles. The van der Waals surface area contributed by atoms with Crippen LogP contribution in [0.5, 0.6) is 5.75 Å². The molecular weight excluding hydrogens is 364 g/mol. The average molecular weight is 379 g/mol. The summed E-state index contributed by atoms with van der Waals surface area (Å²) < 4.78 is 11.7. The smallest absolute Gasteiger partial charge is 0.380 e. The minimum absolute atomic E-state index is 0.210.